The second kappa shape index (κ2) is 6.89. The third kappa shape index (κ3) is 5.09. The Labute approximate surface area is 128 Å². The minimum Gasteiger partial charge on any atom is -0.309 e. The van der Waals surface area contributed by atoms with Crippen LogP contribution in [0.25, 0.3) is 0 Å². The average Bonchev–Trinajstić information content (AvgIpc) is 2.66. The Morgan fingerprint density at radius 2 is 1.95 bits per heavy atom. The molecule has 6 nitrogen and oxygen atoms in total. The molecule has 7 heteroatoms. The smallest absolute Gasteiger partial charge is 0.244 e. The van der Waals surface area contributed by atoms with Crippen molar-refractivity contribution in [3.8, 4) is 0 Å². The Hall–Kier alpha value is -0.920. The first kappa shape index (κ1) is 18.1. The summed E-state index contributed by atoms with van der Waals surface area (Å²) in [6.45, 7) is 12.0. The van der Waals surface area contributed by atoms with Gasteiger partial charge in [-0.25, -0.2) is 13.1 Å². The molecule has 1 rings (SSSR count). The van der Waals surface area contributed by atoms with Crippen LogP contribution in [0.2, 0.25) is 0 Å². The van der Waals surface area contributed by atoms with Crippen LogP contribution in [0.5, 0.6) is 0 Å². The molecule has 0 saturated carbocycles. The molecule has 1 aromatic heterocycles. The molecule has 0 aliphatic rings. The lowest BCUT2D eigenvalue weighted by atomic mass is 10.0. The third-order valence-electron chi connectivity index (χ3n) is 3.19. The fraction of sp³-hybridized carbons (Fsp3) is 0.786. The van der Waals surface area contributed by atoms with E-state index in [0.29, 0.717) is 17.9 Å². The summed E-state index contributed by atoms with van der Waals surface area (Å²) in [5.41, 5.74) is 0.622. The van der Waals surface area contributed by atoms with Crippen LogP contribution in [-0.2, 0) is 16.6 Å². The van der Waals surface area contributed by atoms with Crippen molar-refractivity contribution in [3.63, 3.8) is 0 Å². The Balaban J connectivity index is 3.05. The summed E-state index contributed by atoms with van der Waals surface area (Å²) in [4.78, 5) is 0.264. The fourth-order valence-electron chi connectivity index (χ4n) is 2.34. The van der Waals surface area contributed by atoms with E-state index in [9.17, 15) is 8.42 Å². The summed E-state index contributed by atoms with van der Waals surface area (Å²) in [7, 11) is -3.59. The van der Waals surface area contributed by atoms with Gasteiger partial charge in [-0.05, 0) is 27.2 Å². The van der Waals surface area contributed by atoms with E-state index in [1.165, 1.54) is 0 Å². The normalized spacial score (nSPS) is 13.1. The van der Waals surface area contributed by atoms with E-state index >= 15 is 0 Å². The quantitative estimate of drug-likeness (QED) is 0.685. The van der Waals surface area contributed by atoms with E-state index in [2.05, 4.69) is 20.2 Å². The Morgan fingerprint density at radius 1 is 1.33 bits per heavy atom. The second-order valence-corrected chi connectivity index (χ2v) is 8.02. The number of hydrogen-bond acceptors (Lipinski definition) is 4. The van der Waals surface area contributed by atoms with Crippen molar-refractivity contribution in [1.29, 1.82) is 0 Å². The number of nitrogens with zero attached hydrogens (tertiary/aromatic N) is 1. The Kier molecular flexibility index (Phi) is 5.95. The number of aryl methyl sites for hydroxylation is 1. The third-order valence-corrected chi connectivity index (χ3v) is 5.09. The number of aromatic nitrogens is 2. The summed E-state index contributed by atoms with van der Waals surface area (Å²) in [6, 6.07) is 0.266. The van der Waals surface area contributed by atoms with E-state index in [1.54, 1.807) is 6.92 Å². The summed E-state index contributed by atoms with van der Waals surface area (Å²) in [5, 5.41) is 10.1. The molecule has 0 unspecified atom stereocenters. The van der Waals surface area contributed by atoms with Crippen LogP contribution in [0.15, 0.2) is 4.90 Å². The molecule has 0 aromatic carbocycles. The molecule has 0 amide bonds. The van der Waals surface area contributed by atoms with Crippen LogP contribution in [0.3, 0.4) is 0 Å². The Morgan fingerprint density at radius 3 is 2.48 bits per heavy atom. The molecule has 122 valence electrons. The summed E-state index contributed by atoms with van der Waals surface area (Å²) in [5.74, 6) is 0. The molecule has 0 radical (unpaired) electrons. The SMILES string of the molecule is CCCC(C)(C)NS(=O)(=O)c1c(CNC(C)C)n[nH]c1C. The van der Waals surface area contributed by atoms with Gasteiger partial charge in [-0.1, -0.05) is 27.2 Å². The molecule has 0 aliphatic heterocycles. The van der Waals surface area contributed by atoms with Crippen molar-refractivity contribution in [2.24, 2.45) is 0 Å². The molecule has 3 N–H and O–H groups in total. The number of rotatable bonds is 8. The fourth-order valence-corrected chi connectivity index (χ4v) is 4.15. The first-order valence-corrected chi connectivity index (χ1v) is 8.88. The predicted octanol–water partition coefficient (Wildman–Crippen LogP) is 2.07. The number of hydrogen-bond donors (Lipinski definition) is 3. The standard InChI is InChI=1S/C14H28N4O2S/c1-7-8-14(5,6)18-21(19,20)13-11(4)16-17-12(13)9-15-10(2)3/h10,15,18H,7-9H2,1-6H3,(H,16,17). The van der Waals surface area contributed by atoms with Crippen molar-refractivity contribution in [2.45, 2.75) is 77.4 Å². The average molecular weight is 316 g/mol. The maximum Gasteiger partial charge on any atom is 0.244 e. The molecule has 0 fully saturated rings. The highest BCUT2D eigenvalue weighted by molar-refractivity contribution is 7.89. The highest BCUT2D eigenvalue weighted by atomic mass is 32.2. The van der Waals surface area contributed by atoms with Gasteiger partial charge in [-0.3, -0.25) is 5.10 Å². The van der Waals surface area contributed by atoms with Crippen molar-refractivity contribution < 1.29 is 8.42 Å². The maximum atomic E-state index is 12.7. The molecule has 0 spiro atoms. The van der Waals surface area contributed by atoms with Gasteiger partial charge >= 0.3 is 0 Å². The zero-order valence-electron chi connectivity index (χ0n) is 13.9. The lowest BCUT2D eigenvalue weighted by Crippen LogP contribution is -2.43. The highest BCUT2D eigenvalue weighted by Crippen LogP contribution is 2.21. The van der Waals surface area contributed by atoms with Gasteiger partial charge in [0.2, 0.25) is 10.0 Å². The van der Waals surface area contributed by atoms with Crippen LogP contribution < -0.4 is 10.0 Å². The predicted molar refractivity (Wildman–Crippen MR) is 84.6 cm³/mol. The molecule has 21 heavy (non-hydrogen) atoms. The number of H-pyrrole nitrogens is 1. The summed E-state index contributed by atoms with van der Waals surface area (Å²) < 4.78 is 28.1. The minimum atomic E-state index is -3.59. The lowest BCUT2D eigenvalue weighted by Gasteiger charge is -2.25. The van der Waals surface area contributed by atoms with Crippen molar-refractivity contribution in [3.05, 3.63) is 11.4 Å². The largest absolute Gasteiger partial charge is 0.309 e. The van der Waals surface area contributed by atoms with Crippen molar-refractivity contribution >= 4 is 10.0 Å². The molecule has 1 heterocycles. The van der Waals surface area contributed by atoms with Gasteiger partial charge in [0.05, 0.1) is 11.4 Å². The van der Waals surface area contributed by atoms with Gasteiger partial charge in [-0.15, -0.1) is 0 Å². The van der Waals surface area contributed by atoms with Crippen LogP contribution in [-0.4, -0.2) is 30.2 Å². The zero-order chi connectivity index (χ0) is 16.3. The molecule has 0 atom stereocenters. The molecule has 1 aromatic rings. The first-order valence-electron chi connectivity index (χ1n) is 7.40. The van der Waals surface area contributed by atoms with E-state index in [1.807, 2.05) is 34.6 Å². The van der Waals surface area contributed by atoms with E-state index in [4.69, 9.17) is 0 Å². The van der Waals surface area contributed by atoms with Crippen LogP contribution in [0.4, 0.5) is 0 Å². The van der Waals surface area contributed by atoms with Crippen LogP contribution in [0, 0.1) is 6.92 Å². The molecule has 0 bridgehead atoms. The van der Waals surface area contributed by atoms with Crippen LogP contribution in [0.1, 0.15) is 58.8 Å². The summed E-state index contributed by atoms with van der Waals surface area (Å²) >= 11 is 0. The maximum absolute atomic E-state index is 12.7. The number of nitrogens with one attached hydrogen (secondary N) is 3. The van der Waals surface area contributed by atoms with Gasteiger partial charge < -0.3 is 5.32 Å². The van der Waals surface area contributed by atoms with E-state index in [0.717, 1.165) is 12.8 Å². The highest BCUT2D eigenvalue weighted by Gasteiger charge is 2.30. The molecular formula is C14H28N4O2S. The Bertz CT molecular complexity index is 562. The lowest BCUT2D eigenvalue weighted by molar-refractivity contribution is 0.417. The van der Waals surface area contributed by atoms with Crippen molar-refractivity contribution in [2.75, 3.05) is 0 Å². The molecular weight excluding hydrogens is 288 g/mol. The van der Waals surface area contributed by atoms with Gasteiger partial charge in [0.1, 0.15) is 4.90 Å². The number of sulfonamides is 1. The molecule has 0 saturated heterocycles. The molecule has 0 aliphatic carbocycles. The first-order chi connectivity index (χ1) is 9.59. The minimum absolute atomic E-state index is 0.264. The monoisotopic (exact) mass is 316 g/mol. The number of aromatic amines is 1. The zero-order valence-corrected chi connectivity index (χ0v) is 14.7. The summed E-state index contributed by atoms with van der Waals surface area (Å²) in [6.07, 6.45) is 1.70. The van der Waals surface area contributed by atoms with Crippen LogP contribution >= 0.6 is 0 Å². The van der Waals surface area contributed by atoms with Gasteiger partial charge in [-0.2, -0.15) is 5.10 Å². The van der Waals surface area contributed by atoms with E-state index in [-0.39, 0.29) is 10.9 Å². The van der Waals surface area contributed by atoms with Crippen molar-refractivity contribution in [1.82, 2.24) is 20.2 Å². The van der Waals surface area contributed by atoms with Gasteiger partial charge in [0.15, 0.2) is 0 Å². The van der Waals surface area contributed by atoms with E-state index < -0.39 is 15.6 Å². The topological polar surface area (TPSA) is 86.9 Å². The van der Waals surface area contributed by atoms with Gasteiger partial charge in [0, 0.05) is 18.1 Å². The van der Waals surface area contributed by atoms with Gasteiger partial charge in [0.25, 0.3) is 0 Å². The second-order valence-electron chi connectivity index (χ2n) is 6.40.